The van der Waals surface area contributed by atoms with Crippen molar-refractivity contribution in [3.63, 3.8) is 0 Å². The number of ether oxygens (including phenoxy) is 3. The lowest BCUT2D eigenvalue weighted by atomic mass is 9.41. The van der Waals surface area contributed by atoms with Crippen LogP contribution in [0.1, 0.15) is 99.3 Å². The van der Waals surface area contributed by atoms with Crippen molar-refractivity contribution >= 4 is 12.2 Å². The molecular formula is C34H55N3O6. The lowest BCUT2D eigenvalue weighted by molar-refractivity contribution is -0.184. The monoisotopic (exact) mass is 601 g/mol. The molecule has 5 aliphatic carbocycles. The zero-order valence-corrected chi connectivity index (χ0v) is 27.1. The molecule has 8 unspecified atom stereocenters. The molecule has 2 aliphatic heterocycles. The molecular weight excluding hydrogens is 546 g/mol. The molecule has 5 N–H and O–H groups in total. The van der Waals surface area contributed by atoms with Crippen LogP contribution in [0.25, 0.3) is 0 Å². The number of fused-ring (bicyclic) bond motifs is 4. The molecule has 0 bridgehead atoms. The molecule has 7 aliphatic rings. The van der Waals surface area contributed by atoms with E-state index in [1.807, 2.05) is 13.8 Å². The van der Waals surface area contributed by atoms with Gasteiger partial charge in [0.15, 0.2) is 0 Å². The third-order valence-electron chi connectivity index (χ3n) is 15.1. The molecule has 9 heteroatoms. The normalized spacial score (nSPS) is 50.1. The molecule has 2 spiro atoms. The van der Waals surface area contributed by atoms with Crippen LogP contribution in [0.2, 0.25) is 0 Å². The first-order chi connectivity index (χ1) is 20.2. The van der Waals surface area contributed by atoms with E-state index in [0.29, 0.717) is 17.8 Å². The van der Waals surface area contributed by atoms with Crippen molar-refractivity contribution < 1.29 is 28.9 Å². The van der Waals surface area contributed by atoms with Gasteiger partial charge in [0.1, 0.15) is 12.2 Å². The smallest absolute Gasteiger partial charge is 0.407 e. The van der Waals surface area contributed by atoms with Gasteiger partial charge < -0.3 is 35.7 Å². The Hall–Kier alpha value is -1.58. The highest BCUT2D eigenvalue weighted by atomic mass is 16.6. The molecule has 7 fully saturated rings. The summed E-state index contributed by atoms with van der Waals surface area (Å²) in [6.45, 7) is 15.2. The maximum absolute atomic E-state index is 12.8. The van der Waals surface area contributed by atoms with Crippen molar-refractivity contribution in [2.24, 2.45) is 56.5 Å². The van der Waals surface area contributed by atoms with Crippen LogP contribution in [0, 0.1) is 50.7 Å². The molecule has 242 valence electrons. The summed E-state index contributed by atoms with van der Waals surface area (Å²) in [5.41, 5.74) is 5.62. The van der Waals surface area contributed by atoms with Crippen molar-refractivity contribution in [3.05, 3.63) is 0 Å². The molecule has 43 heavy (non-hydrogen) atoms. The fourth-order valence-electron chi connectivity index (χ4n) is 12.7. The lowest BCUT2D eigenvalue weighted by Gasteiger charge is -2.63. The van der Waals surface area contributed by atoms with Crippen molar-refractivity contribution in [2.75, 3.05) is 13.1 Å². The average molecular weight is 602 g/mol. The van der Waals surface area contributed by atoms with Gasteiger partial charge in [0.2, 0.25) is 0 Å². The second-order valence-electron chi connectivity index (χ2n) is 17.0. The molecule has 5 saturated carbocycles. The molecule has 9 nitrogen and oxygen atoms in total. The van der Waals surface area contributed by atoms with Crippen molar-refractivity contribution in [3.8, 4) is 0 Å². The Morgan fingerprint density at radius 3 is 2.33 bits per heavy atom. The molecule has 2 saturated heterocycles. The summed E-state index contributed by atoms with van der Waals surface area (Å²) in [5, 5.41) is 18.6. The van der Waals surface area contributed by atoms with E-state index >= 15 is 0 Å². The van der Waals surface area contributed by atoms with E-state index < -0.39 is 18.3 Å². The SMILES string of the molecule is CC(C)C(OC(N)=O)C1CC[C@H]2C(O1)[C@H](O)[C@@]1(C)C3CC[C@H]4C(C)(C)C(OC(=O)NC5CNC5)CCC45CC35CCC21C. The zero-order valence-electron chi connectivity index (χ0n) is 27.1. The minimum atomic E-state index is -0.763. The molecule has 0 aromatic heterocycles. The summed E-state index contributed by atoms with van der Waals surface area (Å²) in [5.74, 6) is 1.33. The Morgan fingerprint density at radius 1 is 0.977 bits per heavy atom. The second-order valence-corrected chi connectivity index (χ2v) is 17.0. The summed E-state index contributed by atoms with van der Waals surface area (Å²) in [6, 6.07) is 0.178. The topological polar surface area (TPSA) is 132 Å². The molecule has 0 radical (unpaired) electrons. The largest absolute Gasteiger partial charge is 0.446 e. The van der Waals surface area contributed by atoms with Gasteiger partial charge in [0.25, 0.3) is 0 Å². The van der Waals surface area contributed by atoms with Crippen LogP contribution in [0.15, 0.2) is 0 Å². The van der Waals surface area contributed by atoms with Crippen LogP contribution < -0.4 is 16.4 Å². The van der Waals surface area contributed by atoms with Gasteiger partial charge in [0.05, 0.1) is 24.4 Å². The summed E-state index contributed by atoms with van der Waals surface area (Å²) < 4.78 is 18.5. The number of aliphatic hydroxyl groups excluding tert-OH is 1. The van der Waals surface area contributed by atoms with Crippen LogP contribution in [0.4, 0.5) is 9.59 Å². The van der Waals surface area contributed by atoms with Gasteiger partial charge in [-0.2, -0.15) is 0 Å². The highest BCUT2D eigenvalue weighted by Crippen LogP contribution is 2.89. The van der Waals surface area contributed by atoms with Crippen molar-refractivity contribution in [1.82, 2.24) is 10.6 Å². The predicted octanol–water partition coefficient (Wildman–Crippen LogP) is 4.74. The Balaban J connectivity index is 1.12. The number of hydrogen-bond donors (Lipinski definition) is 4. The first-order valence-corrected chi connectivity index (χ1v) is 17.2. The Bertz CT molecular complexity index is 1160. The van der Waals surface area contributed by atoms with E-state index in [-0.39, 0.29) is 63.4 Å². The summed E-state index contributed by atoms with van der Waals surface area (Å²) in [6.07, 6.45) is 7.04. The van der Waals surface area contributed by atoms with E-state index in [2.05, 4.69) is 38.3 Å². The minimum Gasteiger partial charge on any atom is -0.446 e. The molecule has 2 heterocycles. The van der Waals surface area contributed by atoms with Crippen molar-refractivity contribution in [1.29, 1.82) is 0 Å². The van der Waals surface area contributed by atoms with Crippen LogP contribution in [-0.4, -0.2) is 66.9 Å². The van der Waals surface area contributed by atoms with Gasteiger partial charge in [0, 0.05) is 23.9 Å². The Kier molecular flexibility index (Phi) is 6.80. The van der Waals surface area contributed by atoms with Crippen LogP contribution >= 0.6 is 0 Å². The summed E-state index contributed by atoms with van der Waals surface area (Å²) in [7, 11) is 0. The first kappa shape index (κ1) is 30.1. The number of hydrogen-bond acceptors (Lipinski definition) is 7. The van der Waals surface area contributed by atoms with E-state index in [9.17, 15) is 14.7 Å². The van der Waals surface area contributed by atoms with Gasteiger partial charge in [-0.3, -0.25) is 0 Å². The molecule has 2 amide bonds. The second kappa shape index (κ2) is 9.71. The molecule has 7 rings (SSSR count). The van der Waals surface area contributed by atoms with Crippen LogP contribution in [0.5, 0.6) is 0 Å². The highest BCUT2D eigenvalue weighted by molar-refractivity contribution is 5.68. The standard InChI is InChI=1S/C34H55N3O6/c1-18(2)25(43-28(35)39)21-8-7-20-26(41-21)27(38)32(6)23-10-9-22-30(3,4)24(42-29(40)37-19-15-36-16-19)11-12-33(22)17-34(23,33)14-13-31(20,32)5/h18-27,36,38H,7-17H2,1-6H3,(H2,35,39)(H,37,40)/t20-,21?,22-,23?,24?,25?,26?,27-,31?,32+,33?,34?/m0/s1. The van der Waals surface area contributed by atoms with Crippen LogP contribution in [-0.2, 0) is 14.2 Å². The number of nitrogens with two attached hydrogens (primary N) is 1. The quantitative estimate of drug-likeness (QED) is 0.358. The Labute approximate surface area is 257 Å². The fraction of sp³-hybridized carbons (Fsp3) is 0.941. The third kappa shape index (κ3) is 3.92. The predicted molar refractivity (Wildman–Crippen MR) is 161 cm³/mol. The van der Waals surface area contributed by atoms with Crippen LogP contribution in [0.3, 0.4) is 0 Å². The third-order valence-corrected chi connectivity index (χ3v) is 15.1. The molecule has 0 aromatic rings. The number of rotatable bonds is 5. The number of primary amides is 1. The highest BCUT2D eigenvalue weighted by Gasteiger charge is 2.84. The number of amides is 2. The number of nitrogens with one attached hydrogen (secondary N) is 2. The van der Waals surface area contributed by atoms with E-state index in [4.69, 9.17) is 19.9 Å². The van der Waals surface area contributed by atoms with Gasteiger partial charge >= 0.3 is 12.2 Å². The lowest BCUT2D eigenvalue weighted by Crippen LogP contribution is -2.60. The van der Waals surface area contributed by atoms with Crippen molar-refractivity contribution in [2.45, 2.75) is 136 Å². The fourth-order valence-corrected chi connectivity index (χ4v) is 12.7. The van der Waals surface area contributed by atoms with Gasteiger partial charge in [-0.15, -0.1) is 0 Å². The van der Waals surface area contributed by atoms with E-state index in [1.165, 1.54) is 12.8 Å². The molecule has 0 aromatic carbocycles. The zero-order chi connectivity index (χ0) is 30.7. The van der Waals surface area contributed by atoms with E-state index in [0.717, 1.165) is 58.0 Å². The number of alkyl carbamates (subject to hydrolysis) is 1. The number of aliphatic hydroxyl groups is 1. The number of carbonyl (C=O) groups excluding carboxylic acids is 2. The summed E-state index contributed by atoms with van der Waals surface area (Å²) >= 11 is 0. The number of carbonyl (C=O) groups is 2. The molecule has 12 atom stereocenters. The van der Waals surface area contributed by atoms with E-state index in [1.54, 1.807) is 0 Å². The summed E-state index contributed by atoms with van der Waals surface area (Å²) in [4.78, 5) is 24.5. The minimum absolute atomic E-state index is 0.00321. The average Bonchev–Trinajstić information content (AvgIpc) is 3.56. The maximum Gasteiger partial charge on any atom is 0.407 e. The Morgan fingerprint density at radius 2 is 1.67 bits per heavy atom. The van der Waals surface area contributed by atoms with Gasteiger partial charge in [-0.1, -0.05) is 41.5 Å². The van der Waals surface area contributed by atoms with Gasteiger partial charge in [-0.05, 0) is 97.7 Å². The van der Waals surface area contributed by atoms with Gasteiger partial charge in [-0.25, -0.2) is 9.59 Å². The first-order valence-electron chi connectivity index (χ1n) is 17.2. The maximum atomic E-state index is 12.8.